The van der Waals surface area contributed by atoms with Gasteiger partial charge in [0.25, 0.3) is 0 Å². The van der Waals surface area contributed by atoms with Crippen LogP contribution in [0.5, 0.6) is 5.75 Å². The number of likely N-dealkylation sites (tertiary alicyclic amines) is 1. The predicted octanol–water partition coefficient (Wildman–Crippen LogP) is 2.82. The summed E-state index contributed by atoms with van der Waals surface area (Å²) in [6.07, 6.45) is 2.39. The maximum Gasteiger partial charge on any atom is 0.244 e. The third kappa shape index (κ3) is 4.49. The number of ether oxygens (including phenoxy) is 1. The molecule has 2 aromatic carbocycles. The van der Waals surface area contributed by atoms with Crippen molar-refractivity contribution >= 4 is 5.91 Å². The average molecular weight is 367 g/mol. The van der Waals surface area contributed by atoms with Crippen LogP contribution in [-0.4, -0.2) is 37.6 Å². The van der Waals surface area contributed by atoms with Crippen LogP contribution in [0, 0.1) is 0 Å². The van der Waals surface area contributed by atoms with Crippen molar-refractivity contribution in [3.8, 4) is 5.75 Å². The summed E-state index contributed by atoms with van der Waals surface area (Å²) in [7, 11) is 1.67. The fourth-order valence-electron chi connectivity index (χ4n) is 3.63. The van der Waals surface area contributed by atoms with Crippen LogP contribution in [0.15, 0.2) is 54.6 Å². The predicted molar refractivity (Wildman–Crippen MR) is 108 cm³/mol. The van der Waals surface area contributed by atoms with Crippen molar-refractivity contribution in [2.75, 3.05) is 26.7 Å². The van der Waals surface area contributed by atoms with Gasteiger partial charge in [0, 0.05) is 6.54 Å². The molecule has 0 radical (unpaired) electrons. The van der Waals surface area contributed by atoms with E-state index in [-0.39, 0.29) is 11.9 Å². The molecule has 1 aliphatic rings. The Balaban J connectivity index is 1.73. The van der Waals surface area contributed by atoms with E-state index in [9.17, 15) is 4.79 Å². The van der Waals surface area contributed by atoms with Gasteiger partial charge in [-0.05, 0) is 56.1 Å². The summed E-state index contributed by atoms with van der Waals surface area (Å²) in [4.78, 5) is 15.3. The molecule has 2 aromatic rings. The average Bonchev–Trinajstić information content (AvgIpc) is 3.23. The van der Waals surface area contributed by atoms with E-state index < -0.39 is 5.54 Å². The Hall–Kier alpha value is -2.37. The molecule has 3 N–H and O–H groups in total. The Labute approximate surface area is 161 Å². The van der Waals surface area contributed by atoms with Gasteiger partial charge in [-0.15, -0.1) is 0 Å². The van der Waals surface area contributed by atoms with E-state index in [2.05, 4.69) is 22.3 Å². The lowest BCUT2D eigenvalue weighted by molar-refractivity contribution is -0.126. The van der Waals surface area contributed by atoms with Gasteiger partial charge >= 0.3 is 0 Å². The molecule has 0 aromatic heterocycles. The lowest BCUT2D eigenvalue weighted by Crippen LogP contribution is -2.50. The van der Waals surface area contributed by atoms with E-state index in [1.54, 1.807) is 14.0 Å². The topological polar surface area (TPSA) is 67.6 Å². The van der Waals surface area contributed by atoms with Gasteiger partial charge in [0.15, 0.2) is 0 Å². The summed E-state index contributed by atoms with van der Waals surface area (Å²) in [5.41, 5.74) is 7.28. The number of carbonyl (C=O) groups excluding carboxylic acids is 1. The maximum absolute atomic E-state index is 12.8. The van der Waals surface area contributed by atoms with Gasteiger partial charge in [0.05, 0.1) is 13.2 Å². The monoisotopic (exact) mass is 367 g/mol. The van der Waals surface area contributed by atoms with Crippen LogP contribution >= 0.6 is 0 Å². The number of benzene rings is 2. The first-order chi connectivity index (χ1) is 13.0. The molecule has 1 saturated heterocycles. The molecule has 5 heteroatoms. The smallest absolute Gasteiger partial charge is 0.244 e. The van der Waals surface area contributed by atoms with E-state index in [1.165, 1.54) is 18.4 Å². The molecule has 0 aliphatic carbocycles. The number of hydrogen-bond donors (Lipinski definition) is 2. The number of nitrogens with one attached hydrogen (secondary N) is 1. The Morgan fingerprint density at radius 1 is 1.15 bits per heavy atom. The minimum atomic E-state index is -1.06. The van der Waals surface area contributed by atoms with Crippen molar-refractivity contribution in [3.05, 3.63) is 65.7 Å². The van der Waals surface area contributed by atoms with Crippen LogP contribution < -0.4 is 15.8 Å². The van der Waals surface area contributed by atoms with Gasteiger partial charge in [0.1, 0.15) is 11.3 Å². The standard InChI is InChI=1S/C22H29N3O2/c1-22(23,18-8-4-3-5-9-18)21(26)24-16-20(25-14-6-7-15-25)17-10-12-19(27-2)13-11-17/h3-5,8-13,20H,6-7,14-16,23H2,1-2H3,(H,24,26). The normalized spacial score (nSPS) is 17.9. The van der Waals surface area contributed by atoms with Gasteiger partial charge in [-0.1, -0.05) is 42.5 Å². The number of nitrogens with two attached hydrogens (primary N) is 1. The molecule has 5 nitrogen and oxygen atoms in total. The van der Waals surface area contributed by atoms with Gasteiger partial charge in [-0.2, -0.15) is 0 Å². The first-order valence-electron chi connectivity index (χ1n) is 9.53. The molecule has 1 heterocycles. The second-order valence-electron chi connectivity index (χ2n) is 7.31. The van der Waals surface area contributed by atoms with Crippen molar-refractivity contribution in [2.45, 2.75) is 31.3 Å². The van der Waals surface area contributed by atoms with Crippen LogP contribution in [0.25, 0.3) is 0 Å². The Morgan fingerprint density at radius 3 is 2.37 bits per heavy atom. The van der Waals surface area contributed by atoms with Crippen molar-refractivity contribution in [1.29, 1.82) is 0 Å². The fourth-order valence-corrected chi connectivity index (χ4v) is 3.63. The zero-order valence-electron chi connectivity index (χ0n) is 16.2. The molecule has 0 saturated carbocycles. The van der Waals surface area contributed by atoms with Crippen LogP contribution in [0.2, 0.25) is 0 Å². The molecule has 1 amide bonds. The SMILES string of the molecule is COc1ccc(C(CNC(=O)C(C)(N)c2ccccc2)N2CCCC2)cc1. The Morgan fingerprint density at radius 2 is 1.78 bits per heavy atom. The molecule has 3 rings (SSSR count). The van der Waals surface area contributed by atoms with Crippen molar-refractivity contribution in [1.82, 2.24) is 10.2 Å². The van der Waals surface area contributed by atoms with Crippen LogP contribution in [-0.2, 0) is 10.3 Å². The number of carbonyl (C=O) groups is 1. The summed E-state index contributed by atoms with van der Waals surface area (Å²) in [5, 5.41) is 3.09. The highest BCUT2D eigenvalue weighted by Gasteiger charge is 2.32. The third-order valence-corrected chi connectivity index (χ3v) is 5.38. The van der Waals surface area contributed by atoms with E-state index in [0.29, 0.717) is 6.54 Å². The van der Waals surface area contributed by atoms with Crippen LogP contribution in [0.1, 0.15) is 36.9 Å². The first kappa shape index (κ1) is 19.4. The van der Waals surface area contributed by atoms with Gasteiger partial charge in [-0.25, -0.2) is 0 Å². The molecule has 2 atom stereocenters. The summed E-state index contributed by atoms with van der Waals surface area (Å²) in [5.74, 6) is 0.674. The summed E-state index contributed by atoms with van der Waals surface area (Å²) in [6, 6.07) is 17.7. The molecule has 1 fully saturated rings. The van der Waals surface area contributed by atoms with Gasteiger partial charge in [0.2, 0.25) is 5.91 Å². The Kier molecular flexibility index (Phi) is 6.14. The van der Waals surface area contributed by atoms with E-state index in [0.717, 1.165) is 24.4 Å². The molecule has 0 spiro atoms. The first-order valence-corrected chi connectivity index (χ1v) is 9.53. The second kappa shape index (κ2) is 8.55. The number of hydrogen-bond acceptors (Lipinski definition) is 4. The van der Waals surface area contributed by atoms with Crippen LogP contribution in [0.4, 0.5) is 0 Å². The number of amides is 1. The second-order valence-corrected chi connectivity index (χ2v) is 7.31. The molecule has 0 bridgehead atoms. The highest BCUT2D eigenvalue weighted by molar-refractivity contribution is 5.87. The summed E-state index contributed by atoms with van der Waals surface area (Å²) < 4.78 is 5.27. The molecular weight excluding hydrogens is 338 g/mol. The molecule has 1 aliphatic heterocycles. The number of methoxy groups -OCH3 is 1. The quantitative estimate of drug-likeness (QED) is 0.790. The summed E-state index contributed by atoms with van der Waals surface area (Å²) in [6.45, 7) is 4.39. The molecular formula is C22H29N3O2. The zero-order chi connectivity index (χ0) is 19.3. The van der Waals surface area contributed by atoms with Gasteiger partial charge in [-0.3, -0.25) is 9.69 Å². The van der Waals surface area contributed by atoms with E-state index in [1.807, 2.05) is 42.5 Å². The van der Waals surface area contributed by atoms with Gasteiger partial charge < -0.3 is 15.8 Å². The third-order valence-electron chi connectivity index (χ3n) is 5.38. The van der Waals surface area contributed by atoms with E-state index in [4.69, 9.17) is 10.5 Å². The Bertz CT molecular complexity index is 738. The maximum atomic E-state index is 12.8. The number of nitrogens with zero attached hydrogens (tertiary/aromatic N) is 1. The largest absolute Gasteiger partial charge is 0.497 e. The molecule has 144 valence electrons. The van der Waals surface area contributed by atoms with Crippen molar-refractivity contribution in [2.24, 2.45) is 5.73 Å². The number of rotatable bonds is 7. The van der Waals surface area contributed by atoms with Crippen molar-refractivity contribution in [3.63, 3.8) is 0 Å². The highest BCUT2D eigenvalue weighted by Crippen LogP contribution is 2.27. The lowest BCUT2D eigenvalue weighted by atomic mass is 9.92. The lowest BCUT2D eigenvalue weighted by Gasteiger charge is -2.30. The van der Waals surface area contributed by atoms with Crippen LogP contribution in [0.3, 0.4) is 0 Å². The molecule has 27 heavy (non-hydrogen) atoms. The molecule has 2 unspecified atom stereocenters. The van der Waals surface area contributed by atoms with E-state index >= 15 is 0 Å². The minimum Gasteiger partial charge on any atom is -0.497 e. The minimum absolute atomic E-state index is 0.133. The zero-order valence-corrected chi connectivity index (χ0v) is 16.2. The summed E-state index contributed by atoms with van der Waals surface area (Å²) >= 11 is 0. The van der Waals surface area contributed by atoms with Crippen molar-refractivity contribution < 1.29 is 9.53 Å². The highest BCUT2D eigenvalue weighted by atomic mass is 16.5. The fraction of sp³-hybridized carbons (Fsp3) is 0.409.